The SMILES string of the molecule is Cc1cc(-c2ncnn3cc(-c4cn(C)nn4)cc23)ccc1CNC(=O)c1noc(C(C)(C)C)n1.O=C(O)C(F)(F)F. The zero-order valence-corrected chi connectivity index (χ0v) is 23.1. The number of alkyl halides is 3. The summed E-state index contributed by atoms with van der Waals surface area (Å²) in [5.41, 5.74) is 5.96. The van der Waals surface area contributed by atoms with Gasteiger partial charge in [0.25, 0.3) is 11.7 Å². The fourth-order valence-corrected chi connectivity index (χ4v) is 3.69. The molecule has 42 heavy (non-hydrogen) atoms. The Morgan fingerprint density at radius 2 is 1.81 bits per heavy atom. The molecule has 0 aliphatic heterocycles. The second-order valence-electron chi connectivity index (χ2n) is 10.2. The molecule has 0 bridgehead atoms. The van der Waals surface area contributed by atoms with Crippen molar-refractivity contribution in [1.29, 1.82) is 0 Å². The van der Waals surface area contributed by atoms with E-state index in [0.29, 0.717) is 12.4 Å². The third-order valence-corrected chi connectivity index (χ3v) is 5.87. The highest BCUT2D eigenvalue weighted by atomic mass is 19.4. The highest BCUT2D eigenvalue weighted by Crippen LogP contribution is 2.28. The van der Waals surface area contributed by atoms with Crippen LogP contribution in [0.3, 0.4) is 0 Å². The van der Waals surface area contributed by atoms with Gasteiger partial charge in [0.05, 0.1) is 17.4 Å². The van der Waals surface area contributed by atoms with E-state index in [1.54, 1.807) is 9.20 Å². The van der Waals surface area contributed by atoms with Crippen molar-refractivity contribution in [3.63, 3.8) is 0 Å². The maximum atomic E-state index is 12.5. The van der Waals surface area contributed by atoms with Crippen LogP contribution in [0.1, 0.15) is 48.4 Å². The molecule has 0 spiro atoms. The number of amides is 1. The number of rotatable bonds is 5. The number of nitrogens with zero attached hydrogens (tertiary/aromatic N) is 8. The molecular weight excluding hydrogens is 559 g/mol. The number of benzene rings is 1. The molecule has 1 aromatic carbocycles. The molecule has 5 aromatic rings. The smallest absolute Gasteiger partial charge is 0.475 e. The summed E-state index contributed by atoms with van der Waals surface area (Å²) in [5.74, 6) is -2.69. The number of hydrogen-bond acceptors (Lipinski definition) is 9. The highest BCUT2D eigenvalue weighted by Gasteiger charge is 2.38. The molecule has 1 amide bonds. The van der Waals surface area contributed by atoms with E-state index < -0.39 is 12.1 Å². The molecule has 0 saturated carbocycles. The summed E-state index contributed by atoms with van der Waals surface area (Å²) in [6.45, 7) is 8.18. The number of carbonyl (C=O) groups excluding carboxylic acids is 1. The molecule has 0 radical (unpaired) electrons. The van der Waals surface area contributed by atoms with E-state index >= 15 is 0 Å². The number of halogens is 3. The largest absolute Gasteiger partial charge is 0.490 e. The second-order valence-corrected chi connectivity index (χ2v) is 10.2. The van der Waals surface area contributed by atoms with Crippen LogP contribution in [-0.2, 0) is 23.8 Å². The number of hydrogen-bond donors (Lipinski definition) is 2. The molecule has 0 aliphatic carbocycles. The Labute approximate surface area is 236 Å². The molecule has 4 heterocycles. The van der Waals surface area contributed by atoms with Gasteiger partial charge in [0, 0.05) is 36.3 Å². The van der Waals surface area contributed by atoms with Crippen molar-refractivity contribution < 1.29 is 32.4 Å². The van der Waals surface area contributed by atoms with E-state index in [9.17, 15) is 18.0 Å². The van der Waals surface area contributed by atoms with Crippen LogP contribution in [0.5, 0.6) is 0 Å². The normalized spacial score (nSPS) is 11.7. The lowest BCUT2D eigenvalue weighted by atomic mass is 9.97. The summed E-state index contributed by atoms with van der Waals surface area (Å²) in [6, 6.07) is 8.01. The number of aliphatic carboxylic acids is 1. The van der Waals surface area contributed by atoms with Gasteiger partial charge in [0.2, 0.25) is 5.89 Å². The van der Waals surface area contributed by atoms with Crippen molar-refractivity contribution in [2.75, 3.05) is 0 Å². The van der Waals surface area contributed by atoms with Crippen LogP contribution in [0.25, 0.3) is 28.0 Å². The molecule has 2 N–H and O–H groups in total. The minimum absolute atomic E-state index is 0.0275. The number of carboxylic acids is 1. The van der Waals surface area contributed by atoms with Crippen LogP contribution >= 0.6 is 0 Å². The van der Waals surface area contributed by atoms with Crippen LogP contribution in [0, 0.1) is 6.92 Å². The molecule has 0 unspecified atom stereocenters. The summed E-state index contributed by atoms with van der Waals surface area (Å²) < 4.78 is 40.4. The minimum Gasteiger partial charge on any atom is -0.475 e. The zero-order chi connectivity index (χ0) is 30.8. The van der Waals surface area contributed by atoms with E-state index in [1.807, 2.05) is 71.4 Å². The van der Waals surface area contributed by atoms with Crippen LogP contribution in [0.2, 0.25) is 0 Å². The average molecular weight is 586 g/mol. The summed E-state index contributed by atoms with van der Waals surface area (Å²) in [7, 11) is 1.83. The van der Waals surface area contributed by atoms with E-state index in [2.05, 4.69) is 35.9 Å². The van der Waals surface area contributed by atoms with Crippen molar-refractivity contribution in [1.82, 2.24) is 45.0 Å². The van der Waals surface area contributed by atoms with Gasteiger partial charge >= 0.3 is 12.1 Å². The van der Waals surface area contributed by atoms with Crippen molar-refractivity contribution >= 4 is 17.4 Å². The Hall–Kier alpha value is -5.15. The Balaban J connectivity index is 0.000000517. The third-order valence-electron chi connectivity index (χ3n) is 5.87. The zero-order valence-electron chi connectivity index (χ0n) is 23.1. The van der Waals surface area contributed by atoms with Crippen LogP contribution in [-0.4, -0.2) is 62.9 Å². The Morgan fingerprint density at radius 3 is 2.38 bits per heavy atom. The topological polar surface area (TPSA) is 166 Å². The number of fused-ring (bicyclic) bond motifs is 1. The first-order valence-corrected chi connectivity index (χ1v) is 12.4. The molecular formula is C26H26F3N9O4. The van der Waals surface area contributed by atoms with E-state index in [4.69, 9.17) is 14.4 Å². The molecule has 5 rings (SSSR count). The number of aromatic nitrogens is 8. The maximum absolute atomic E-state index is 12.5. The molecule has 16 heteroatoms. The van der Waals surface area contributed by atoms with Crippen molar-refractivity contribution in [2.45, 2.75) is 45.8 Å². The van der Waals surface area contributed by atoms with E-state index in [-0.39, 0.29) is 17.1 Å². The molecule has 0 fully saturated rings. The summed E-state index contributed by atoms with van der Waals surface area (Å²) in [6.07, 6.45) is 0.209. The monoisotopic (exact) mass is 585 g/mol. The lowest BCUT2D eigenvalue weighted by molar-refractivity contribution is -0.192. The fourth-order valence-electron chi connectivity index (χ4n) is 3.69. The fraction of sp³-hybridized carbons (Fsp3) is 0.308. The van der Waals surface area contributed by atoms with Gasteiger partial charge in [0.15, 0.2) is 0 Å². The quantitative estimate of drug-likeness (QED) is 0.310. The molecule has 0 saturated heterocycles. The van der Waals surface area contributed by atoms with Crippen LogP contribution in [0.15, 0.2) is 47.5 Å². The number of aryl methyl sites for hydroxylation is 2. The molecule has 0 atom stereocenters. The molecule has 13 nitrogen and oxygen atoms in total. The van der Waals surface area contributed by atoms with E-state index in [1.165, 1.54) is 6.33 Å². The van der Waals surface area contributed by atoms with Crippen molar-refractivity contribution in [3.05, 3.63) is 65.8 Å². The van der Waals surface area contributed by atoms with Gasteiger partial charge in [-0.15, -0.1) is 5.10 Å². The standard InChI is InChI=1S/C24H25N9O2.C2HF3O2/c1-14-8-15(6-7-16(14)10-25-22(34)21-28-23(35-30-21)24(2,3)4)20-19-9-17(11-33(19)27-13-26-20)18-12-32(5)31-29-18;3-2(4,5)1(6)7/h6-9,11-13H,10H2,1-5H3,(H,25,34);(H,6,7). The van der Waals surface area contributed by atoms with Gasteiger partial charge in [-0.3, -0.25) is 9.48 Å². The highest BCUT2D eigenvalue weighted by molar-refractivity contribution is 5.90. The Morgan fingerprint density at radius 1 is 1.10 bits per heavy atom. The van der Waals surface area contributed by atoms with Crippen LogP contribution in [0.4, 0.5) is 13.2 Å². The first-order chi connectivity index (χ1) is 19.6. The lowest BCUT2D eigenvalue weighted by Crippen LogP contribution is -2.24. The Kier molecular flexibility index (Phi) is 8.08. The summed E-state index contributed by atoms with van der Waals surface area (Å²) >= 11 is 0. The van der Waals surface area contributed by atoms with Gasteiger partial charge in [-0.1, -0.05) is 43.3 Å². The van der Waals surface area contributed by atoms with Gasteiger partial charge in [-0.05, 0) is 30.2 Å². The molecule has 4 aromatic heterocycles. The number of carbonyl (C=O) groups is 2. The van der Waals surface area contributed by atoms with Gasteiger partial charge in [-0.25, -0.2) is 14.3 Å². The van der Waals surface area contributed by atoms with Crippen molar-refractivity contribution in [2.24, 2.45) is 7.05 Å². The predicted molar refractivity (Wildman–Crippen MR) is 141 cm³/mol. The summed E-state index contributed by atoms with van der Waals surface area (Å²) in [4.78, 5) is 30.1. The van der Waals surface area contributed by atoms with Gasteiger partial charge in [0.1, 0.15) is 12.0 Å². The first-order valence-electron chi connectivity index (χ1n) is 12.4. The third kappa shape index (κ3) is 6.76. The Bertz CT molecular complexity index is 1750. The second kappa shape index (κ2) is 11.4. The van der Waals surface area contributed by atoms with Gasteiger partial charge < -0.3 is 14.9 Å². The van der Waals surface area contributed by atoms with Crippen LogP contribution < -0.4 is 5.32 Å². The van der Waals surface area contributed by atoms with Gasteiger partial charge in [-0.2, -0.15) is 23.3 Å². The number of nitrogens with one attached hydrogen (secondary N) is 1. The average Bonchev–Trinajstić information content (AvgIpc) is 3.66. The molecule has 220 valence electrons. The minimum atomic E-state index is -5.08. The van der Waals surface area contributed by atoms with Crippen molar-refractivity contribution in [3.8, 4) is 22.5 Å². The lowest BCUT2D eigenvalue weighted by Gasteiger charge is -2.10. The number of carboxylic acid groups (broad SMARTS) is 1. The first kappa shape index (κ1) is 29.8. The molecule has 0 aliphatic rings. The summed E-state index contributed by atoms with van der Waals surface area (Å²) in [5, 5.41) is 26.3. The predicted octanol–water partition coefficient (Wildman–Crippen LogP) is 3.74. The maximum Gasteiger partial charge on any atom is 0.490 e. The van der Waals surface area contributed by atoms with E-state index in [0.717, 1.165) is 39.2 Å².